The molecule has 0 aliphatic heterocycles. The Hall–Kier alpha value is -1.12. The van der Waals surface area contributed by atoms with Crippen LogP contribution in [0.5, 0.6) is 0 Å². The first-order chi connectivity index (χ1) is 6.96. The van der Waals surface area contributed by atoms with Crippen molar-refractivity contribution in [3.63, 3.8) is 0 Å². The van der Waals surface area contributed by atoms with Gasteiger partial charge in [0.1, 0.15) is 5.60 Å². The van der Waals surface area contributed by atoms with Gasteiger partial charge in [0.2, 0.25) is 0 Å². The van der Waals surface area contributed by atoms with Crippen LogP contribution >= 0.6 is 0 Å². The molecule has 15 heavy (non-hydrogen) atoms. The van der Waals surface area contributed by atoms with Crippen LogP contribution in [0.3, 0.4) is 0 Å². The van der Waals surface area contributed by atoms with E-state index in [9.17, 15) is 10.2 Å². The molecule has 2 heteroatoms. The molecule has 2 nitrogen and oxygen atoms in total. The van der Waals surface area contributed by atoms with Gasteiger partial charge in [0, 0.05) is 6.42 Å². The van der Waals surface area contributed by atoms with Crippen molar-refractivity contribution in [1.82, 2.24) is 0 Å². The fourth-order valence-electron chi connectivity index (χ4n) is 2.37. The quantitative estimate of drug-likeness (QED) is 0.687. The SMILES string of the molecule is C=C1C[C@](C)(O)[C@@](O)(c2ccccc2)C1. The minimum atomic E-state index is -1.19. The molecule has 1 saturated carbocycles. The number of rotatable bonds is 1. The molecule has 0 bridgehead atoms. The van der Waals surface area contributed by atoms with E-state index in [1.807, 2.05) is 30.3 Å². The molecule has 2 atom stereocenters. The van der Waals surface area contributed by atoms with Gasteiger partial charge in [-0.05, 0) is 18.9 Å². The second kappa shape index (κ2) is 3.19. The summed E-state index contributed by atoms with van der Waals surface area (Å²) >= 11 is 0. The number of benzene rings is 1. The average molecular weight is 204 g/mol. The van der Waals surface area contributed by atoms with E-state index in [1.165, 1.54) is 0 Å². The summed E-state index contributed by atoms with van der Waals surface area (Å²) in [5.74, 6) is 0. The summed E-state index contributed by atoms with van der Waals surface area (Å²) in [5, 5.41) is 20.8. The molecule has 1 fully saturated rings. The van der Waals surface area contributed by atoms with Crippen molar-refractivity contribution in [3.8, 4) is 0 Å². The van der Waals surface area contributed by atoms with Crippen molar-refractivity contribution in [3.05, 3.63) is 48.0 Å². The molecule has 2 N–H and O–H groups in total. The van der Waals surface area contributed by atoms with Crippen LogP contribution < -0.4 is 0 Å². The Morgan fingerprint density at radius 3 is 2.20 bits per heavy atom. The summed E-state index contributed by atoms with van der Waals surface area (Å²) in [5.41, 5.74) is -0.656. The van der Waals surface area contributed by atoms with Gasteiger partial charge in [-0.25, -0.2) is 0 Å². The maximum Gasteiger partial charge on any atom is 0.122 e. The molecule has 0 radical (unpaired) electrons. The molecule has 0 heterocycles. The van der Waals surface area contributed by atoms with Crippen molar-refractivity contribution in [2.24, 2.45) is 0 Å². The minimum Gasteiger partial charge on any atom is -0.386 e. The van der Waals surface area contributed by atoms with Gasteiger partial charge in [0.25, 0.3) is 0 Å². The smallest absolute Gasteiger partial charge is 0.122 e. The summed E-state index contributed by atoms with van der Waals surface area (Å²) in [4.78, 5) is 0. The van der Waals surface area contributed by atoms with Gasteiger partial charge in [-0.15, -0.1) is 0 Å². The van der Waals surface area contributed by atoms with Crippen molar-refractivity contribution in [2.45, 2.75) is 31.0 Å². The van der Waals surface area contributed by atoms with Crippen LogP contribution in [0, 0.1) is 0 Å². The highest BCUT2D eigenvalue weighted by Gasteiger charge is 2.52. The topological polar surface area (TPSA) is 40.5 Å². The molecule has 1 aromatic rings. The molecule has 0 saturated heterocycles. The third-order valence-corrected chi connectivity index (χ3v) is 3.24. The van der Waals surface area contributed by atoms with E-state index >= 15 is 0 Å². The van der Waals surface area contributed by atoms with Crippen molar-refractivity contribution >= 4 is 0 Å². The summed E-state index contributed by atoms with van der Waals surface area (Å²) in [6.45, 7) is 5.52. The van der Waals surface area contributed by atoms with Crippen LogP contribution in [-0.2, 0) is 5.60 Å². The van der Waals surface area contributed by atoms with E-state index in [0.717, 1.165) is 11.1 Å². The lowest BCUT2D eigenvalue weighted by atomic mass is 9.81. The third kappa shape index (κ3) is 1.50. The fourth-order valence-corrected chi connectivity index (χ4v) is 2.37. The molecule has 0 amide bonds. The Kier molecular flexibility index (Phi) is 2.21. The maximum absolute atomic E-state index is 10.5. The Morgan fingerprint density at radius 2 is 1.73 bits per heavy atom. The monoisotopic (exact) mass is 204 g/mol. The zero-order chi connectivity index (χ0) is 11.1. The van der Waals surface area contributed by atoms with E-state index in [2.05, 4.69) is 6.58 Å². The predicted octanol–water partition coefficient (Wildman–Crippen LogP) is 1.98. The highest BCUT2D eigenvalue weighted by molar-refractivity contribution is 5.33. The number of hydrogen-bond donors (Lipinski definition) is 2. The number of hydrogen-bond acceptors (Lipinski definition) is 2. The molecule has 1 aliphatic carbocycles. The lowest BCUT2D eigenvalue weighted by molar-refractivity contribution is -0.125. The Labute approximate surface area is 89.9 Å². The molecule has 0 aromatic heterocycles. The molecule has 0 unspecified atom stereocenters. The van der Waals surface area contributed by atoms with Crippen LogP contribution in [-0.4, -0.2) is 15.8 Å². The van der Waals surface area contributed by atoms with Crippen molar-refractivity contribution in [1.29, 1.82) is 0 Å². The molecule has 2 rings (SSSR count). The van der Waals surface area contributed by atoms with Crippen molar-refractivity contribution in [2.75, 3.05) is 0 Å². The normalized spacial score (nSPS) is 35.8. The first-order valence-electron chi connectivity index (χ1n) is 5.13. The zero-order valence-corrected chi connectivity index (χ0v) is 8.90. The zero-order valence-electron chi connectivity index (χ0n) is 8.90. The van der Waals surface area contributed by atoms with Crippen LogP contribution in [0.1, 0.15) is 25.3 Å². The second-order valence-electron chi connectivity index (χ2n) is 4.60. The highest BCUT2D eigenvalue weighted by atomic mass is 16.4. The molecular weight excluding hydrogens is 188 g/mol. The van der Waals surface area contributed by atoms with Crippen LogP contribution in [0.2, 0.25) is 0 Å². The molecule has 0 spiro atoms. The molecule has 1 aromatic carbocycles. The Balaban J connectivity index is 2.47. The highest BCUT2D eigenvalue weighted by Crippen LogP contribution is 2.48. The van der Waals surface area contributed by atoms with Gasteiger partial charge >= 0.3 is 0 Å². The van der Waals surface area contributed by atoms with Crippen LogP contribution in [0.4, 0.5) is 0 Å². The molecular formula is C13H16O2. The van der Waals surface area contributed by atoms with E-state index in [-0.39, 0.29) is 0 Å². The first kappa shape index (κ1) is 10.4. The standard InChI is InChI=1S/C13H16O2/c1-10-8-12(2,14)13(15,9-10)11-6-4-3-5-7-11/h3-7,14-15H,1,8-9H2,2H3/t12-,13-/m0/s1. The maximum atomic E-state index is 10.5. The third-order valence-electron chi connectivity index (χ3n) is 3.24. The minimum absolute atomic E-state index is 0.435. The van der Waals surface area contributed by atoms with Gasteiger partial charge in [-0.2, -0.15) is 0 Å². The van der Waals surface area contributed by atoms with Crippen LogP contribution in [0.15, 0.2) is 42.5 Å². The lowest BCUT2D eigenvalue weighted by Crippen LogP contribution is -2.44. The first-order valence-corrected chi connectivity index (χ1v) is 5.13. The fraction of sp³-hybridized carbons (Fsp3) is 0.385. The van der Waals surface area contributed by atoms with Gasteiger partial charge in [-0.1, -0.05) is 42.5 Å². The summed E-state index contributed by atoms with van der Waals surface area (Å²) in [7, 11) is 0. The second-order valence-corrected chi connectivity index (χ2v) is 4.60. The van der Waals surface area contributed by atoms with Gasteiger partial charge < -0.3 is 10.2 Å². The van der Waals surface area contributed by atoms with E-state index < -0.39 is 11.2 Å². The lowest BCUT2D eigenvalue weighted by Gasteiger charge is -2.35. The molecule has 80 valence electrons. The summed E-state index contributed by atoms with van der Waals surface area (Å²) in [6.07, 6.45) is 0.891. The van der Waals surface area contributed by atoms with E-state index in [4.69, 9.17) is 0 Å². The number of aliphatic hydroxyl groups is 2. The molecule has 1 aliphatic rings. The Morgan fingerprint density at radius 1 is 1.13 bits per heavy atom. The Bertz CT molecular complexity index is 381. The van der Waals surface area contributed by atoms with E-state index in [1.54, 1.807) is 6.92 Å². The average Bonchev–Trinajstić information content (AvgIpc) is 2.38. The van der Waals surface area contributed by atoms with Crippen LogP contribution in [0.25, 0.3) is 0 Å². The van der Waals surface area contributed by atoms with Gasteiger partial charge in [-0.3, -0.25) is 0 Å². The van der Waals surface area contributed by atoms with Crippen molar-refractivity contribution < 1.29 is 10.2 Å². The van der Waals surface area contributed by atoms with Gasteiger partial charge in [0.15, 0.2) is 0 Å². The summed E-state index contributed by atoms with van der Waals surface area (Å²) < 4.78 is 0. The summed E-state index contributed by atoms with van der Waals surface area (Å²) in [6, 6.07) is 9.31. The largest absolute Gasteiger partial charge is 0.386 e. The van der Waals surface area contributed by atoms with E-state index in [0.29, 0.717) is 12.8 Å². The predicted molar refractivity (Wildman–Crippen MR) is 59.3 cm³/mol. The van der Waals surface area contributed by atoms with Gasteiger partial charge in [0.05, 0.1) is 5.60 Å².